The van der Waals surface area contributed by atoms with Crippen molar-refractivity contribution in [2.24, 2.45) is 0 Å². The third-order valence-electron chi connectivity index (χ3n) is 3.66. The van der Waals surface area contributed by atoms with Crippen molar-refractivity contribution >= 4 is 0 Å². The summed E-state index contributed by atoms with van der Waals surface area (Å²) >= 11 is 0. The lowest BCUT2D eigenvalue weighted by Gasteiger charge is -2.15. The lowest BCUT2D eigenvalue weighted by atomic mass is 9.99. The first-order valence-corrected chi connectivity index (χ1v) is 6.89. The predicted molar refractivity (Wildman–Crippen MR) is 66.7 cm³/mol. The molecule has 0 aliphatic heterocycles. The number of aromatic nitrogens is 3. The van der Waals surface area contributed by atoms with Crippen LogP contribution in [0, 0.1) is 0 Å². The van der Waals surface area contributed by atoms with E-state index < -0.39 is 0 Å². The van der Waals surface area contributed by atoms with Crippen LogP contribution in [0.2, 0.25) is 0 Å². The first-order valence-electron chi connectivity index (χ1n) is 6.89. The minimum Gasteiger partial charge on any atom is -0.388 e. The number of aliphatic hydroxyl groups is 1. The Morgan fingerprint density at radius 2 is 1.88 bits per heavy atom. The van der Waals surface area contributed by atoms with Gasteiger partial charge in [-0.1, -0.05) is 32.6 Å². The molecule has 1 heterocycles. The van der Waals surface area contributed by atoms with Crippen LogP contribution in [0.15, 0.2) is 0 Å². The molecule has 1 aliphatic carbocycles. The highest BCUT2D eigenvalue weighted by molar-refractivity contribution is 5.02. The molecule has 1 aromatic heterocycles. The standard InChI is InChI=1S/C13H23N3O/c1-2-9-16-12(10-17)14-15-13(16)11-7-5-3-4-6-8-11/h11,17H,2-10H2,1H3. The maximum Gasteiger partial charge on any atom is 0.158 e. The van der Waals surface area contributed by atoms with Gasteiger partial charge in [-0.25, -0.2) is 0 Å². The zero-order valence-corrected chi connectivity index (χ0v) is 10.7. The maximum atomic E-state index is 9.29. The highest BCUT2D eigenvalue weighted by Gasteiger charge is 2.21. The maximum absolute atomic E-state index is 9.29. The molecular weight excluding hydrogens is 214 g/mol. The third kappa shape index (κ3) is 2.86. The molecule has 1 aromatic rings. The van der Waals surface area contributed by atoms with Gasteiger partial charge in [0, 0.05) is 12.5 Å². The van der Waals surface area contributed by atoms with E-state index in [2.05, 4.69) is 21.7 Å². The summed E-state index contributed by atoms with van der Waals surface area (Å²) in [7, 11) is 0. The molecule has 0 spiro atoms. The third-order valence-corrected chi connectivity index (χ3v) is 3.66. The van der Waals surface area contributed by atoms with Crippen molar-refractivity contribution in [1.82, 2.24) is 14.8 Å². The van der Waals surface area contributed by atoms with Gasteiger partial charge in [0.25, 0.3) is 0 Å². The molecule has 2 rings (SSSR count). The van der Waals surface area contributed by atoms with E-state index in [0.29, 0.717) is 5.92 Å². The van der Waals surface area contributed by atoms with E-state index in [9.17, 15) is 5.11 Å². The van der Waals surface area contributed by atoms with Gasteiger partial charge in [0.05, 0.1) is 0 Å². The molecule has 0 saturated heterocycles. The number of aliphatic hydroxyl groups excluding tert-OH is 1. The lowest BCUT2D eigenvalue weighted by Crippen LogP contribution is -2.11. The van der Waals surface area contributed by atoms with Gasteiger partial charge in [0.2, 0.25) is 0 Å². The smallest absolute Gasteiger partial charge is 0.158 e. The average molecular weight is 237 g/mol. The van der Waals surface area contributed by atoms with Crippen molar-refractivity contribution in [3.05, 3.63) is 11.6 Å². The summed E-state index contributed by atoms with van der Waals surface area (Å²) in [4.78, 5) is 0. The Labute approximate surface area is 103 Å². The highest BCUT2D eigenvalue weighted by Crippen LogP contribution is 2.30. The molecule has 0 bridgehead atoms. The summed E-state index contributed by atoms with van der Waals surface area (Å²) in [6.07, 6.45) is 8.83. The molecular formula is C13H23N3O. The normalized spacial score (nSPS) is 18.2. The molecule has 0 atom stereocenters. The fourth-order valence-corrected chi connectivity index (χ4v) is 2.77. The second-order valence-electron chi connectivity index (χ2n) is 4.97. The topological polar surface area (TPSA) is 50.9 Å². The highest BCUT2D eigenvalue weighted by atomic mass is 16.3. The molecule has 17 heavy (non-hydrogen) atoms. The van der Waals surface area contributed by atoms with Crippen molar-refractivity contribution < 1.29 is 5.11 Å². The Hall–Kier alpha value is -0.900. The summed E-state index contributed by atoms with van der Waals surface area (Å²) in [5, 5.41) is 17.7. The van der Waals surface area contributed by atoms with Crippen LogP contribution in [-0.2, 0) is 13.2 Å². The number of hydrogen-bond donors (Lipinski definition) is 1. The average Bonchev–Trinajstić information content (AvgIpc) is 2.58. The summed E-state index contributed by atoms with van der Waals surface area (Å²) in [6.45, 7) is 3.08. The van der Waals surface area contributed by atoms with Gasteiger partial charge in [-0.15, -0.1) is 10.2 Å². The van der Waals surface area contributed by atoms with Crippen LogP contribution in [-0.4, -0.2) is 19.9 Å². The minimum absolute atomic E-state index is 0.000278. The van der Waals surface area contributed by atoms with Crippen molar-refractivity contribution in [3.8, 4) is 0 Å². The van der Waals surface area contributed by atoms with Gasteiger partial charge >= 0.3 is 0 Å². The summed E-state index contributed by atoms with van der Waals surface area (Å²) in [5.74, 6) is 2.39. The van der Waals surface area contributed by atoms with Crippen LogP contribution in [0.25, 0.3) is 0 Å². The SMILES string of the molecule is CCCn1c(CO)nnc1C1CCCCCC1. The molecule has 0 radical (unpaired) electrons. The van der Waals surface area contributed by atoms with Crippen LogP contribution in [0.1, 0.15) is 69.4 Å². The van der Waals surface area contributed by atoms with Crippen LogP contribution >= 0.6 is 0 Å². The Morgan fingerprint density at radius 3 is 2.47 bits per heavy atom. The van der Waals surface area contributed by atoms with E-state index in [1.165, 1.54) is 38.5 Å². The molecule has 1 N–H and O–H groups in total. The molecule has 1 saturated carbocycles. The molecule has 4 heteroatoms. The van der Waals surface area contributed by atoms with Gasteiger partial charge in [-0.3, -0.25) is 0 Å². The van der Waals surface area contributed by atoms with E-state index in [4.69, 9.17) is 0 Å². The molecule has 4 nitrogen and oxygen atoms in total. The molecule has 0 unspecified atom stereocenters. The van der Waals surface area contributed by atoms with Crippen LogP contribution < -0.4 is 0 Å². The van der Waals surface area contributed by atoms with Gasteiger partial charge < -0.3 is 9.67 Å². The second kappa shape index (κ2) is 6.15. The Morgan fingerprint density at radius 1 is 1.18 bits per heavy atom. The molecule has 1 fully saturated rings. The monoisotopic (exact) mass is 237 g/mol. The van der Waals surface area contributed by atoms with Crippen LogP contribution in [0.5, 0.6) is 0 Å². The zero-order valence-electron chi connectivity index (χ0n) is 10.7. The van der Waals surface area contributed by atoms with Crippen molar-refractivity contribution in [3.63, 3.8) is 0 Å². The van der Waals surface area contributed by atoms with E-state index in [1.807, 2.05) is 0 Å². The fourth-order valence-electron chi connectivity index (χ4n) is 2.77. The first kappa shape index (κ1) is 12.6. The molecule has 1 aliphatic rings. The number of nitrogens with zero attached hydrogens (tertiary/aromatic N) is 3. The Kier molecular flexibility index (Phi) is 4.54. The molecule has 96 valence electrons. The zero-order chi connectivity index (χ0) is 12.1. The van der Waals surface area contributed by atoms with E-state index in [-0.39, 0.29) is 6.61 Å². The summed E-state index contributed by atoms with van der Waals surface area (Å²) in [6, 6.07) is 0. The quantitative estimate of drug-likeness (QED) is 0.819. The predicted octanol–water partition coefficient (Wildman–Crippen LogP) is 2.62. The largest absolute Gasteiger partial charge is 0.388 e. The van der Waals surface area contributed by atoms with Crippen molar-refractivity contribution in [2.45, 2.75) is 70.9 Å². The molecule has 0 amide bonds. The molecule has 0 aromatic carbocycles. The van der Waals surface area contributed by atoms with Gasteiger partial charge in [0.1, 0.15) is 12.4 Å². The van der Waals surface area contributed by atoms with E-state index >= 15 is 0 Å². The van der Waals surface area contributed by atoms with Crippen molar-refractivity contribution in [1.29, 1.82) is 0 Å². The lowest BCUT2D eigenvalue weighted by molar-refractivity contribution is 0.263. The number of hydrogen-bond acceptors (Lipinski definition) is 3. The summed E-state index contributed by atoms with van der Waals surface area (Å²) in [5.41, 5.74) is 0. The Balaban J connectivity index is 2.20. The van der Waals surface area contributed by atoms with E-state index in [0.717, 1.165) is 24.6 Å². The van der Waals surface area contributed by atoms with Gasteiger partial charge in [-0.05, 0) is 19.3 Å². The Bertz CT molecular complexity index is 340. The fraction of sp³-hybridized carbons (Fsp3) is 0.846. The second-order valence-corrected chi connectivity index (χ2v) is 4.97. The van der Waals surface area contributed by atoms with Gasteiger partial charge in [-0.2, -0.15) is 0 Å². The van der Waals surface area contributed by atoms with Crippen LogP contribution in [0.4, 0.5) is 0 Å². The van der Waals surface area contributed by atoms with Crippen LogP contribution in [0.3, 0.4) is 0 Å². The van der Waals surface area contributed by atoms with Gasteiger partial charge in [0.15, 0.2) is 5.82 Å². The number of rotatable bonds is 4. The first-order chi connectivity index (χ1) is 8.36. The minimum atomic E-state index is -0.000278. The van der Waals surface area contributed by atoms with E-state index in [1.54, 1.807) is 0 Å². The van der Waals surface area contributed by atoms with Crippen molar-refractivity contribution in [2.75, 3.05) is 0 Å². The summed E-state index contributed by atoms with van der Waals surface area (Å²) < 4.78 is 2.13.